The summed E-state index contributed by atoms with van der Waals surface area (Å²) in [6, 6.07) is 16.7. The molecule has 0 fully saturated rings. The topological polar surface area (TPSA) is 66.5 Å². The monoisotopic (exact) mass is 388 g/mol. The summed E-state index contributed by atoms with van der Waals surface area (Å²) in [5, 5.41) is 2.95. The van der Waals surface area contributed by atoms with Crippen molar-refractivity contribution >= 4 is 15.9 Å². The molecule has 2 rings (SSSR count). The molecule has 5 nitrogen and oxygen atoms in total. The van der Waals surface area contributed by atoms with Crippen LogP contribution < -0.4 is 5.32 Å². The van der Waals surface area contributed by atoms with Gasteiger partial charge in [0.25, 0.3) is 0 Å². The molecule has 1 N–H and O–H groups in total. The lowest BCUT2D eigenvalue weighted by Crippen LogP contribution is -2.39. The minimum absolute atomic E-state index is 0.130. The van der Waals surface area contributed by atoms with E-state index in [0.717, 1.165) is 24.8 Å². The van der Waals surface area contributed by atoms with Gasteiger partial charge in [0.15, 0.2) is 9.84 Å². The number of aryl methyl sites for hydroxylation is 1. The number of unbranched alkanes of at least 4 members (excludes halogenated alkanes) is 1. The Hall–Kier alpha value is -2.34. The van der Waals surface area contributed by atoms with Gasteiger partial charge in [0.1, 0.15) is 0 Å². The molecule has 0 aliphatic carbocycles. The molecule has 0 aliphatic rings. The van der Waals surface area contributed by atoms with Crippen molar-refractivity contribution in [2.45, 2.75) is 37.1 Å². The van der Waals surface area contributed by atoms with Crippen molar-refractivity contribution in [3.8, 4) is 0 Å². The maximum absolute atomic E-state index is 12.3. The van der Waals surface area contributed by atoms with E-state index in [9.17, 15) is 13.2 Å². The number of urea groups is 1. The average molecular weight is 389 g/mol. The Morgan fingerprint density at radius 1 is 1.04 bits per heavy atom. The minimum Gasteiger partial charge on any atom is -0.338 e. The zero-order valence-electron chi connectivity index (χ0n) is 16.2. The van der Waals surface area contributed by atoms with Crippen LogP contribution in [0, 0.1) is 0 Å². The number of rotatable bonds is 8. The van der Waals surface area contributed by atoms with E-state index < -0.39 is 9.84 Å². The van der Waals surface area contributed by atoms with Gasteiger partial charge in [0, 0.05) is 19.8 Å². The van der Waals surface area contributed by atoms with Crippen LogP contribution in [0.4, 0.5) is 4.79 Å². The SMILES string of the molecule is CC(c1ccc(S(C)(=O)=O)cc1)N(C)C(=O)NCCCCc1ccccc1. The highest BCUT2D eigenvalue weighted by molar-refractivity contribution is 7.90. The summed E-state index contributed by atoms with van der Waals surface area (Å²) in [6.45, 7) is 2.56. The number of benzene rings is 2. The first-order chi connectivity index (χ1) is 12.8. The molecular formula is C21H28N2O3S. The zero-order valence-corrected chi connectivity index (χ0v) is 17.0. The second kappa shape index (κ2) is 9.55. The highest BCUT2D eigenvalue weighted by Gasteiger charge is 2.17. The van der Waals surface area contributed by atoms with E-state index in [1.807, 2.05) is 25.1 Å². The highest BCUT2D eigenvalue weighted by atomic mass is 32.2. The van der Waals surface area contributed by atoms with Crippen LogP contribution in [-0.2, 0) is 16.3 Å². The third-order valence-electron chi connectivity index (χ3n) is 4.70. The molecule has 0 radical (unpaired) electrons. The molecule has 0 saturated heterocycles. The maximum atomic E-state index is 12.3. The van der Waals surface area contributed by atoms with Gasteiger partial charge in [-0.25, -0.2) is 13.2 Å². The minimum atomic E-state index is -3.21. The lowest BCUT2D eigenvalue weighted by atomic mass is 10.1. The highest BCUT2D eigenvalue weighted by Crippen LogP contribution is 2.20. The van der Waals surface area contributed by atoms with Gasteiger partial charge in [-0.05, 0) is 49.4 Å². The Labute approximate surface area is 162 Å². The van der Waals surface area contributed by atoms with Gasteiger partial charge in [-0.1, -0.05) is 42.5 Å². The predicted molar refractivity (Wildman–Crippen MR) is 109 cm³/mol. The molecule has 0 bridgehead atoms. The van der Waals surface area contributed by atoms with Crippen molar-refractivity contribution in [2.75, 3.05) is 19.8 Å². The number of hydrogen-bond donors (Lipinski definition) is 1. The predicted octanol–water partition coefficient (Wildman–Crippen LogP) is 3.82. The van der Waals surface area contributed by atoms with E-state index >= 15 is 0 Å². The number of hydrogen-bond acceptors (Lipinski definition) is 3. The van der Waals surface area contributed by atoms with E-state index in [2.05, 4.69) is 17.4 Å². The third kappa shape index (κ3) is 6.40. The van der Waals surface area contributed by atoms with Gasteiger partial charge in [0.2, 0.25) is 0 Å². The van der Waals surface area contributed by atoms with Crippen molar-refractivity contribution < 1.29 is 13.2 Å². The molecule has 0 aromatic heterocycles. The average Bonchev–Trinajstić information content (AvgIpc) is 2.66. The Kier molecular flexibility index (Phi) is 7.42. The number of carbonyl (C=O) groups is 1. The number of nitrogens with one attached hydrogen (secondary N) is 1. The fourth-order valence-corrected chi connectivity index (χ4v) is 3.44. The van der Waals surface area contributed by atoms with Gasteiger partial charge in [-0.15, -0.1) is 0 Å². The van der Waals surface area contributed by atoms with Crippen LogP contribution in [0.1, 0.15) is 36.9 Å². The summed E-state index contributed by atoms with van der Waals surface area (Å²) in [7, 11) is -1.47. The number of amides is 2. The van der Waals surface area contributed by atoms with Gasteiger partial charge < -0.3 is 10.2 Å². The Morgan fingerprint density at radius 3 is 2.26 bits per heavy atom. The Morgan fingerprint density at radius 2 is 1.67 bits per heavy atom. The van der Waals surface area contributed by atoms with Gasteiger partial charge >= 0.3 is 6.03 Å². The summed E-state index contributed by atoms with van der Waals surface area (Å²) in [4.78, 5) is 14.2. The number of nitrogens with zero attached hydrogens (tertiary/aromatic N) is 1. The van der Waals surface area contributed by atoms with Crippen LogP contribution in [0.5, 0.6) is 0 Å². The zero-order chi connectivity index (χ0) is 19.9. The largest absolute Gasteiger partial charge is 0.338 e. The van der Waals surface area contributed by atoms with E-state index in [4.69, 9.17) is 0 Å². The fourth-order valence-electron chi connectivity index (χ4n) is 2.81. The first kappa shape index (κ1) is 21.0. The molecule has 27 heavy (non-hydrogen) atoms. The summed E-state index contributed by atoms with van der Waals surface area (Å²) in [5.41, 5.74) is 2.20. The first-order valence-corrected chi connectivity index (χ1v) is 11.0. The van der Waals surface area contributed by atoms with Crippen LogP contribution >= 0.6 is 0 Å². The van der Waals surface area contributed by atoms with Crippen LogP contribution in [0.15, 0.2) is 59.5 Å². The maximum Gasteiger partial charge on any atom is 0.317 e. The quantitative estimate of drug-likeness (QED) is 0.699. The van der Waals surface area contributed by atoms with Crippen molar-refractivity contribution in [3.63, 3.8) is 0 Å². The first-order valence-electron chi connectivity index (χ1n) is 9.13. The lowest BCUT2D eigenvalue weighted by Gasteiger charge is -2.25. The fraction of sp³-hybridized carbons (Fsp3) is 0.381. The van der Waals surface area contributed by atoms with Crippen LogP contribution in [0.2, 0.25) is 0 Å². The Balaban J connectivity index is 1.78. The molecule has 2 aromatic carbocycles. The second-order valence-corrected chi connectivity index (χ2v) is 8.82. The van der Waals surface area contributed by atoms with Crippen molar-refractivity contribution in [2.24, 2.45) is 0 Å². The molecule has 0 spiro atoms. The number of sulfone groups is 1. The van der Waals surface area contributed by atoms with Crippen molar-refractivity contribution in [1.82, 2.24) is 10.2 Å². The summed E-state index contributed by atoms with van der Waals surface area (Å²) >= 11 is 0. The molecular weight excluding hydrogens is 360 g/mol. The summed E-state index contributed by atoms with van der Waals surface area (Å²) in [6.07, 6.45) is 4.14. The second-order valence-electron chi connectivity index (χ2n) is 6.80. The van der Waals surface area contributed by atoms with Crippen molar-refractivity contribution in [3.05, 3.63) is 65.7 Å². The molecule has 2 aromatic rings. The molecule has 6 heteroatoms. The molecule has 0 heterocycles. The molecule has 0 saturated carbocycles. The normalized spacial score (nSPS) is 12.4. The third-order valence-corrected chi connectivity index (χ3v) is 5.83. The smallest absolute Gasteiger partial charge is 0.317 e. The molecule has 0 aliphatic heterocycles. The van der Waals surface area contributed by atoms with Gasteiger partial charge in [0.05, 0.1) is 10.9 Å². The molecule has 146 valence electrons. The molecule has 2 amide bonds. The van der Waals surface area contributed by atoms with Crippen LogP contribution in [0.3, 0.4) is 0 Å². The molecule has 1 unspecified atom stereocenters. The molecule has 1 atom stereocenters. The standard InChI is InChI=1S/C21H28N2O3S/c1-17(19-12-14-20(15-13-19)27(3,25)26)23(2)21(24)22-16-8-7-11-18-9-5-4-6-10-18/h4-6,9-10,12-15,17H,7-8,11,16H2,1-3H3,(H,22,24). The van der Waals surface area contributed by atoms with E-state index in [0.29, 0.717) is 6.54 Å². The Bertz CT molecular complexity index is 833. The van der Waals surface area contributed by atoms with E-state index in [-0.39, 0.29) is 17.0 Å². The van der Waals surface area contributed by atoms with Gasteiger partial charge in [-0.2, -0.15) is 0 Å². The van der Waals surface area contributed by atoms with E-state index in [1.165, 1.54) is 11.8 Å². The lowest BCUT2D eigenvalue weighted by molar-refractivity contribution is 0.194. The number of carbonyl (C=O) groups excluding carboxylic acids is 1. The van der Waals surface area contributed by atoms with Crippen LogP contribution in [-0.4, -0.2) is 39.2 Å². The van der Waals surface area contributed by atoms with E-state index in [1.54, 1.807) is 36.2 Å². The van der Waals surface area contributed by atoms with Gasteiger partial charge in [-0.3, -0.25) is 0 Å². The summed E-state index contributed by atoms with van der Waals surface area (Å²) in [5.74, 6) is 0. The summed E-state index contributed by atoms with van der Waals surface area (Å²) < 4.78 is 23.1. The van der Waals surface area contributed by atoms with Crippen LogP contribution in [0.25, 0.3) is 0 Å². The van der Waals surface area contributed by atoms with Crippen molar-refractivity contribution in [1.29, 1.82) is 0 Å².